The maximum atomic E-state index is 13.4. The molecule has 0 aliphatic carbocycles. The molecule has 1 aliphatic rings. The number of carbonyl (C=O) groups excluding carboxylic acids is 1. The summed E-state index contributed by atoms with van der Waals surface area (Å²) in [5, 5.41) is 13.1. The Morgan fingerprint density at radius 1 is 1.16 bits per heavy atom. The molecule has 200 valence electrons. The van der Waals surface area contributed by atoms with E-state index in [0.717, 1.165) is 17.8 Å². The number of rotatable bonds is 5. The Bertz CT molecular complexity index is 1450. The number of hydrogen-bond acceptors (Lipinski definition) is 7. The summed E-state index contributed by atoms with van der Waals surface area (Å²) >= 11 is 0. The molecule has 0 spiro atoms. The van der Waals surface area contributed by atoms with Crippen LogP contribution >= 0.6 is 0 Å². The van der Waals surface area contributed by atoms with Gasteiger partial charge in [0.2, 0.25) is 0 Å². The number of nitrogens with zero attached hydrogens (tertiary/aromatic N) is 6. The van der Waals surface area contributed by atoms with Crippen molar-refractivity contribution in [2.45, 2.75) is 32.1 Å². The Labute approximate surface area is 215 Å². The minimum atomic E-state index is -4.46. The molecule has 4 aromatic rings. The van der Waals surface area contributed by atoms with E-state index in [9.17, 15) is 18.0 Å². The normalized spacial score (nSPS) is 17.5. The van der Waals surface area contributed by atoms with E-state index in [-0.39, 0.29) is 11.5 Å². The van der Waals surface area contributed by atoms with Gasteiger partial charge in [-0.3, -0.25) is 5.10 Å². The number of fused-ring (bicyclic) bond motifs is 1. The lowest BCUT2D eigenvalue weighted by molar-refractivity contribution is -0.137. The first-order chi connectivity index (χ1) is 18.1. The largest absolute Gasteiger partial charge is 0.416 e. The van der Waals surface area contributed by atoms with Crippen LogP contribution in [0, 0.1) is 6.92 Å². The molecule has 0 saturated carbocycles. The van der Waals surface area contributed by atoms with Gasteiger partial charge in [-0.25, -0.2) is 19.7 Å². The molecule has 4 N–H and O–H groups in total. The maximum Gasteiger partial charge on any atom is 0.416 e. The number of aryl methyl sites for hydroxylation is 1. The van der Waals surface area contributed by atoms with Crippen LogP contribution in [0.15, 0.2) is 36.5 Å². The number of imidazole rings is 1. The van der Waals surface area contributed by atoms with Gasteiger partial charge in [0.05, 0.1) is 22.6 Å². The Kier molecular flexibility index (Phi) is 6.65. The minimum Gasteiger partial charge on any atom is -0.340 e. The molecule has 14 heteroatoms. The lowest BCUT2D eigenvalue weighted by Gasteiger charge is -2.39. The number of aromatic amines is 2. The molecule has 0 radical (unpaired) electrons. The highest BCUT2D eigenvalue weighted by molar-refractivity contribution is 5.77. The van der Waals surface area contributed by atoms with Crippen LogP contribution in [-0.2, 0) is 6.18 Å². The number of benzene rings is 1. The number of alkyl halides is 3. The van der Waals surface area contributed by atoms with Gasteiger partial charge in [0, 0.05) is 37.6 Å². The molecule has 4 heterocycles. The average molecular weight is 529 g/mol. The fraction of sp³-hybridized carbons (Fsp3) is 0.375. The van der Waals surface area contributed by atoms with Gasteiger partial charge in [-0.1, -0.05) is 0 Å². The zero-order chi connectivity index (χ0) is 27.0. The Balaban J connectivity index is 1.33. The van der Waals surface area contributed by atoms with Crippen LogP contribution < -0.4 is 10.6 Å². The van der Waals surface area contributed by atoms with Gasteiger partial charge in [0.15, 0.2) is 11.6 Å². The number of amides is 2. The third-order valence-electron chi connectivity index (χ3n) is 6.36. The number of H-pyrrole nitrogens is 2. The lowest BCUT2D eigenvalue weighted by atomic mass is 10.1. The first-order valence-corrected chi connectivity index (χ1v) is 12.0. The van der Waals surface area contributed by atoms with Crippen LogP contribution in [0.1, 0.15) is 41.9 Å². The molecule has 5 rings (SSSR count). The first-order valence-electron chi connectivity index (χ1n) is 12.0. The van der Waals surface area contributed by atoms with Gasteiger partial charge in [0.25, 0.3) is 0 Å². The highest BCUT2D eigenvalue weighted by Crippen LogP contribution is 2.31. The summed E-state index contributed by atoms with van der Waals surface area (Å²) < 4.78 is 39.2. The number of carbonyl (C=O) groups is 1. The molecule has 11 nitrogen and oxygen atoms in total. The van der Waals surface area contributed by atoms with Crippen LogP contribution in [0.4, 0.5) is 29.6 Å². The zero-order valence-electron chi connectivity index (χ0n) is 21.0. The van der Waals surface area contributed by atoms with Gasteiger partial charge in [-0.2, -0.15) is 18.3 Å². The van der Waals surface area contributed by atoms with Crippen LogP contribution in [-0.4, -0.2) is 72.6 Å². The maximum absolute atomic E-state index is 13.4. The van der Waals surface area contributed by atoms with Crippen molar-refractivity contribution in [3.63, 3.8) is 0 Å². The summed E-state index contributed by atoms with van der Waals surface area (Å²) in [4.78, 5) is 33.5. The molecule has 2 atom stereocenters. The van der Waals surface area contributed by atoms with Crippen molar-refractivity contribution in [1.82, 2.24) is 45.2 Å². The van der Waals surface area contributed by atoms with E-state index < -0.39 is 23.8 Å². The molecule has 1 saturated heterocycles. The fourth-order valence-electron chi connectivity index (χ4n) is 4.35. The summed E-state index contributed by atoms with van der Waals surface area (Å²) in [5.41, 5.74) is 0.767. The van der Waals surface area contributed by atoms with Crippen molar-refractivity contribution in [2.24, 2.45) is 0 Å². The number of urea groups is 1. The van der Waals surface area contributed by atoms with Crippen molar-refractivity contribution in [3.8, 4) is 0 Å². The highest BCUT2D eigenvalue weighted by atomic mass is 19.4. The van der Waals surface area contributed by atoms with E-state index in [4.69, 9.17) is 0 Å². The summed E-state index contributed by atoms with van der Waals surface area (Å²) in [6, 6.07) is 5.52. The van der Waals surface area contributed by atoms with E-state index in [1.54, 1.807) is 24.1 Å². The van der Waals surface area contributed by atoms with E-state index in [2.05, 4.69) is 45.7 Å². The SMILES string of the molecule is Cc1cc(Nc2ccnc(C3CN(C)CCN3C(=O)NC(C)c3nc4ccc(C(F)(F)F)cc4[nH]3)n2)n[nH]1. The van der Waals surface area contributed by atoms with Crippen molar-refractivity contribution >= 4 is 28.7 Å². The molecule has 0 bridgehead atoms. The summed E-state index contributed by atoms with van der Waals surface area (Å²) in [7, 11) is 1.96. The first kappa shape index (κ1) is 25.4. The molecule has 38 heavy (non-hydrogen) atoms. The van der Waals surface area contributed by atoms with Crippen LogP contribution in [0.3, 0.4) is 0 Å². The molecular weight excluding hydrogens is 501 g/mol. The number of aromatic nitrogens is 6. The number of piperazine rings is 1. The Morgan fingerprint density at radius 3 is 2.71 bits per heavy atom. The van der Waals surface area contributed by atoms with Crippen molar-refractivity contribution in [1.29, 1.82) is 0 Å². The number of halogens is 3. The number of likely N-dealkylation sites (N-methyl/N-ethyl adjacent to an activating group) is 1. The smallest absolute Gasteiger partial charge is 0.340 e. The summed E-state index contributed by atoms with van der Waals surface area (Å²) in [5.74, 6) is 1.99. The van der Waals surface area contributed by atoms with Gasteiger partial charge < -0.3 is 25.4 Å². The molecule has 1 aliphatic heterocycles. The second-order valence-electron chi connectivity index (χ2n) is 9.36. The van der Waals surface area contributed by atoms with E-state index in [0.29, 0.717) is 48.4 Å². The molecule has 1 aromatic carbocycles. The van der Waals surface area contributed by atoms with Crippen molar-refractivity contribution in [3.05, 3.63) is 59.4 Å². The predicted molar refractivity (Wildman–Crippen MR) is 134 cm³/mol. The summed E-state index contributed by atoms with van der Waals surface area (Å²) in [6.07, 6.45) is -2.83. The average Bonchev–Trinajstić information content (AvgIpc) is 3.49. The van der Waals surface area contributed by atoms with Gasteiger partial charge in [0.1, 0.15) is 17.7 Å². The van der Waals surface area contributed by atoms with E-state index in [1.807, 2.05) is 20.0 Å². The molecule has 2 amide bonds. The number of nitrogens with one attached hydrogen (secondary N) is 4. The van der Waals surface area contributed by atoms with Crippen molar-refractivity contribution in [2.75, 3.05) is 32.0 Å². The Morgan fingerprint density at radius 2 is 1.97 bits per heavy atom. The monoisotopic (exact) mass is 528 g/mol. The second-order valence-corrected chi connectivity index (χ2v) is 9.36. The standard InChI is InChI=1S/C24H27F3N10O/c1-13-10-20(35-34-13)32-19-6-7-28-22(33-19)18-12-36(3)8-9-37(18)23(38)29-14(2)21-30-16-5-4-15(24(25,26)27)11-17(16)31-21/h4-7,10-11,14,18H,8-9,12H2,1-3H3,(H,29,38)(H,30,31)(H2,28,32,33,34,35). The molecule has 2 unspecified atom stereocenters. The second kappa shape index (κ2) is 9.93. The highest BCUT2D eigenvalue weighted by Gasteiger charge is 2.34. The van der Waals surface area contributed by atoms with Crippen LogP contribution in [0.5, 0.6) is 0 Å². The number of hydrogen-bond donors (Lipinski definition) is 4. The van der Waals surface area contributed by atoms with Gasteiger partial charge in [-0.05, 0) is 45.2 Å². The third-order valence-corrected chi connectivity index (χ3v) is 6.36. The Hall–Kier alpha value is -4.20. The van der Waals surface area contributed by atoms with Crippen LogP contribution in [0.2, 0.25) is 0 Å². The number of anilines is 2. The van der Waals surface area contributed by atoms with Crippen molar-refractivity contribution < 1.29 is 18.0 Å². The van der Waals surface area contributed by atoms with Gasteiger partial charge in [-0.15, -0.1) is 0 Å². The van der Waals surface area contributed by atoms with E-state index in [1.165, 1.54) is 6.07 Å². The lowest BCUT2D eigenvalue weighted by Crippen LogP contribution is -2.53. The fourth-order valence-corrected chi connectivity index (χ4v) is 4.35. The molecule has 3 aromatic heterocycles. The quantitative estimate of drug-likeness (QED) is 0.309. The zero-order valence-corrected chi connectivity index (χ0v) is 21.0. The van der Waals surface area contributed by atoms with Gasteiger partial charge >= 0.3 is 12.2 Å². The predicted octanol–water partition coefficient (Wildman–Crippen LogP) is 3.91. The topological polar surface area (TPSA) is 131 Å². The third kappa shape index (κ3) is 5.39. The minimum absolute atomic E-state index is 0.248. The van der Waals surface area contributed by atoms with Crippen LogP contribution in [0.25, 0.3) is 11.0 Å². The summed E-state index contributed by atoms with van der Waals surface area (Å²) in [6.45, 7) is 5.24. The van der Waals surface area contributed by atoms with E-state index >= 15 is 0 Å². The molecular formula is C24H27F3N10O. The molecule has 1 fully saturated rings.